The van der Waals surface area contributed by atoms with Crippen LogP contribution in [0.4, 0.5) is 13.2 Å². The summed E-state index contributed by atoms with van der Waals surface area (Å²) in [7, 11) is 0. The van der Waals surface area contributed by atoms with Gasteiger partial charge in [-0.3, -0.25) is 9.69 Å². The van der Waals surface area contributed by atoms with Crippen molar-refractivity contribution in [3.63, 3.8) is 0 Å². The van der Waals surface area contributed by atoms with Crippen molar-refractivity contribution in [2.24, 2.45) is 11.8 Å². The second-order valence-corrected chi connectivity index (χ2v) is 8.43. The first kappa shape index (κ1) is 19.7. The van der Waals surface area contributed by atoms with Gasteiger partial charge in [-0.15, -0.1) is 0 Å². The molecule has 154 valence electrons. The molecule has 3 fully saturated rings. The molecular weight excluding hydrogens is 367 g/mol. The Kier molecular flexibility index (Phi) is 5.65. The molecule has 2 N–H and O–H groups in total. The Hall–Kier alpha value is -1.60. The van der Waals surface area contributed by atoms with Crippen LogP contribution in [0.15, 0.2) is 24.3 Å². The number of hydrogen-bond acceptors (Lipinski definition) is 3. The number of amides is 1. The lowest BCUT2D eigenvalue weighted by Gasteiger charge is -2.31. The molecule has 1 saturated carbocycles. The Labute approximate surface area is 163 Å². The summed E-state index contributed by atoms with van der Waals surface area (Å²) < 4.78 is 38.4. The molecule has 1 aromatic carbocycles. The van der Waals surface area contributed by atoms with E-state index in [4.69, 9.17) is 0 Å². The van der Waals surface area contributed by atoms with Crippen molar-refractivity contribution in [3.8, 4) is 0 Å². The Bertz CT molecular complexity index is 685. The zero-order valence-corrected chi connectivity index (χ0v) is 16.0. The lowest BCUT2D eigenvalue weighted by molar-refractivity contribution is -0.137. The Balaban J connectivity index is 1.44. The lowest BCUT2D eigenvalue weighted by Crippen LogP contribution is -2.54. The van der Waals surface area contributed by atoms with E-state index in [9.17, 15) is 18.0 Å². The molecule has 1 amide bonds. The third-order valence-electron chi connectivity index (χ3n) is 6.57. The summed E-state index contributed by atoms with van der Waals surface area (Å²) in [5.74, 6) is 1.08. The third kappa shape index (κ3) is 4.20. The van der Waals surface area contributed by atoms with Crippen LogP contribution in [0.25, 0.3) is 0 Å². The minimum atomic E-state index is -4.31. The maximum Gasteiger partial charge on any atom is 0.416 e. The molecule has 7 heteroatoms. The number of hydrogen-bond donors (Lipinski definition) is 2. The smallest absolute Gasteiger partial charge is 0.339 e. The van der Waals surface area contributed by atoms with Gasteiger partial charge in [0.1, 0.15) is 0 Å². The number of benzene rings is 1. The van der Waals surface area contributed by atoms with Gasteiger partial charge >= 0.3 is 6.18 Å². The molecule has 2 saturated heterocycles. The van der Waals surface area contributed by atoms with E-state index >= 15 is 0 Å². The summed E-state index contributed by atoms with van der Waals surface area (Å²) in [5.41, 5.74) is 0.228. The van der Waals surface area contributed by atoms with Crippen molar-refractivity contribution >= 4 is 5.91 Å². The van der Waals surface area contributed by atoms with Gasteiger partial charge in [-0.1, -0.05) is 25.0 Å². The van der Waals surface area contributed by atoms with E-state index in [0.29, 0.717) is 18.4 Å². The molecule has 1 aromatic rings. The summed E-state index contributed by atoms with van der Waals surface area (Å²) in [6.07, 6.45) is 2.18. The van der Waals surface area contributed by atoms with Crippen LogP contribution in [0.3, 0.4) is 0 Å². The van der Waals surface area contributed by atoms with Crippen molar-refractivity contribution in [3.05, 3.63) is 35.4 Å². The number of carbonyl (C=O) groups is 1. The van der Waals surface area contributed by atoms with E-state index in [2.05, 4.69) is 15.5 Å². The number of carbonyl (C=O) groups excluding carboxylic acids is 1. The van der Waals surface area contributed by atoms with Gasteiger partial charge in [0.2, 0.25) is 5.91 Å². The molecular formula is C21H28F3N3O. The van der Waals surface area contributed by atoms with Gasteiger partial charge in [-0.2, -0.15) is 13.2 Å². The van der Waals surface area contributed by atoms with E-state index in [0.717, 1.165) is 56.5 Å². The predicted molar refractivity (Wildman–Crippen MR) is 100 cm³/mol. The number of likely N-dealkylation sites (tertiary alicyclic amines) is 1. The van der Waals surface area contributed by atoms with E-state index in [1.54, 1.807) is 12.1 Å². The molecule has 4 atom stereocenters. The zero-order valence-electron chi connectivity index (χ0n) is 16.0. The average molecular weight is 395 g/mol. The number of piperidine rings is 1. The number of nitrogens with zero attached hydrogens (tertiary/aromatic N) is 1. The molecule has 4 nitrogen and oxygen atoms in total. The molecule has 4 rings (SSSR count). The van der Waals surface area contributed by atoms with Gasteiger partial charge in [0.25, 0.3) is 0 Å². The van der Waals surface area contributed by atoms with Crippen molar-refractivity contribution in [1.29, 1.82) is 0 Å². The quantitative estimate of drug-likeness (QED) is 0.820. The molecule has 1 unspecified atom stereocenters. The Morgan fingerprint density at radius 2 is 1.89 bits per heavy atom. The van der Waals surface area contributed by atoms with E-state index in [1.165, 1.54) is 12.8 Å². The summed E-state index contributed by atoms with van der Waals surface area (Å²) >= 11 is 0. The summed E-state index contributed by atoms with van der Waals surface area (Å²) in [6, 6.07) is 5.27. The molecule has 28 heavy (non-hydrogen) atoms. The second-order valence-electron chi connectivity index (χ2n) is 8.43. The Morgan fingerprint density at radius 3 is 2.57 bits per heavy atom. The van der Waals surface area contributed by atoms with Crippen LogP contribution in [-0.2, 0) is 17.5 Å². The molecule has 2 heterocycles. The largest absolute Gasteiger partial charge is 0.416 e. The Morgan fingerprint density at radius 1 is 1.11 bits per heavy atom. The molecule has 0 radical (unpaired) electrons. The van der Waals surface area contributed by atoms with Gasteiger partial charge in [0.05, 0.1) is 17.8 Å². The minimum absolute atomic E-state index is 0.0222. The standard InChI is InChI=1S/C21H28F3N3O/c22-21(23,24)16-9-7-14(8-10-16)12-27-13-15-4-3-5-17(15)19(27)26-20(28)18-6-1-2-11-25-18/h7-10,15,17-19,25H,1-6,11-13H2,(H,26,28)/t15-,17-,18+,19?/m1/s1. The highest BCUT2D eigenvalue weighted by Gasteiger charge is 2.45. The summed E-state index contributed by atoms with van der Waals surface area (Å²) in [5, 5.41) is 6.57. The third-order valence-corrected chi connectivity index (χ3v) is 6.57. The topological polar surface area (TPSA) is 44.4 Å². The molecule has 0 aromatic heterocycles. The molecule has 3 aliphatic rings. The van der Waals surface area contributed by atoms with Crippen LogP contribution < -0.4 is 10.6 Å². The fourth-order valence-electron chi connectivity index (χ4n) is 5.11. The van der Waals surface area contributed by atoms with Gasteiger partial charge < -0.3 is 10.6 Å². The van der Waals surface area contributed by atoms with Crippen LogP contribution in [0.2, 0.25) is 0 Å². The number of nitrogens with one attached hydrogen (secondary N) is 2. The van der Waals surface area contributed by atoms with Gasteiger partial charge in [0, 0.05) is 13.1 Å². The summed E-state index contributed by atoms with van der Waals surface area (Å²) in [6.45, 7) is 2.34. The van der Waals surface area contributed by atoms with Gasteiger partial charge in [-0.25, -0.2) is 0 Å². The second kappa shape index (κ2) is 8.03. The van der Waals surface area contributed by atoms with E-state index < -0.39 is 11.7 Å². The first-order chi connectivity index (χ1) is 13.4. The normalized spacial score (nSPS) is 31.0. The first-order valence-corrected chi connectivity index (χ1v) is 10.4. The van der Waals surface area contributed by atoms with Crippen molar-refractivity contribution in [2.45, 2.75) is 63.5 Å². The van der Waals surface area contributed by atoms with E-state index in [-0.39, 0.29) is 18.1 Å². The number of rotatable bonds is 4. The number of halogens is 3. The maximum atomic E-state index is 12.8. The fourth-order valence-corrected chi connectivity index (χ4v) is 5.11. The lowest BCUT2D eigenvalue weighted by atomic mass is 9.97. The predicted octanol–water partition coefficient (Wildman–Crippen LogP) is 3.52. The number of fused-ring (bicyclic) bond motifs is 1. The van der Waals surface area contributed by atoms with Gasteiger partial charge in [-0.05, 0) is 61.8 Å². The van der Waals surface area contributed by atoms with Crippen LogP contribution in [0.5, 0.6) is 0 Å². The van der Waals surface area contributed by atoms with Gasteiger partial charge in [0.15, 0.2) is 0 Å². The average Bonchev–Trinajstić information content (AvgIpc) is 3.25. The SMILES string of the molecule is O=C(NC1[C@@H]2CCC[C@@H]2CN1Cc1ccc(C(F)(F)F)cc1)[C@@H]1CCCCN1. The first-order valence-electron chi connectivity index (χ1n) is 10.4. The number of alkyl halides is 3. The molecule has 1 aliphatic carbocycles. The molecule has 0 spiro atoms. The van der Waals surface area contributed by atoms with E-state index in [1.807, 2.05) is 0 Å². The monoisotopic (exact) mass is 395 g/mol. The highest BCUT2D eigenvalue weighted by molar-refractivity contribution is 5.82. The summed E-state index contributed by atoms with van der Waals surface area (Å²) in [4.78, 5) is 15.0. The molecule has 0 bridgehead atoms. The van der Waals surface area contributed by atoms with Crippen LogP contribution in [0, 0.1) is 11.8 Å². The van der Waals surface area contributed by atoms with Crippen LogP contribution >= 0.6 is 0 Å². The highest BCUT2D eigenvalue weighted by atomic mass is 19.4. The van der Waals surface area contributed by atoms with Crippen LogP contribution in [-0.4, -0.2) is 36.1 Å². The fraction of sp³-hybridized carbons (Fsp3) is 0.667. The van der Waals surface area contributed by atoms with Crippen LogP contribution in [0.1, 0.15) is 49.7 Å². The highest BCUT2D eigenvalue weighted by Crippen LogP contribution is 2.42. The molecule has 2 aliphatic heterocycles. The van der Waals surface area contributed by atoms with Crippen molar-refractivity contribution in [2.75, 3.05) is 13.1 Å². The minimum Gasteiger partial charge on any atom is -0.339 e. The maximum absolute atomic E-state index is 12.8. The van der Waals surface area contributed by atoms with Crippen molar-refractivity contribution < 1.29 is 18.0 Å². The van der Waals surface area contributed by atoms with Crippen molar-refractivity contribution in [1.82, 2.24) is 15.5 Å². The zero-order chi connectivity index (χ0) is 19.7.